The average Bonchev–Trinajstić information content (AvgIpc) is 3.14. The van der Waals surface area contributed by atoms with E-state index in [1.54, 1.807) is 13.0 Å². The molecule has 24 heavy (non-hydrogen) atoms. The van der Waals surface area contributed by atoms with E-state index in [9.17, 15) is 10.1 Å². The molecule has 2 heterocycles. The summed E-state index contributed by atoms with van der Waals surface area (Å²) in [5.41, 5.74) is 1.82. The lowest BCUT2D eigenvalue weighted by atomic mass is 10.0. The predicted molar refractivity (Wildman–Crippen MR) is 88.5 cm³/mol. The van der Waals surface area contributed by atoms with Crippen LogP contribution in [0.25, 0.3) is 22.3 Å². The second-order valence-corrected chi connectivity index (χ2v) is 5.58. The Kier molecular flexibility index (Phi) is 4.07. The number of oxime groups is 1. The van der Waals surface area contributed by atoms with Crippen molar-refractivity contribution in [2.24, 2.45) is 5.16 Å². The highest BCUT2D eigenvalue weighted by molar-refractivity contribution is 5.96. The summed E-state index contributed by atoms with van der Waals surface area (Å²) in [4.78, 5) is 10.6. The molecule has 0 aliphatic heterocycles. The zero-order valence-electron chi connectivity index (χ0n) is 13.3. The molecule has 0 saturated heterocycles. The Balaban J connectivity index is 2.17. The molecule has 3 aromatic rings. The van der Waals surface area contributed by atoms with Gasteiger partial charge in [0.25, 0.3) is 5.69 Å². The third-order valence-corrected chi connectivity index (χ3v) is 3.83. The fourth-order valence-electron chi connectivity index (χ4n) is 2.61. The summed E-state index contributed by atoms with van der Waals surface area (Å²) in [5.74, 6) is 1.98. The lowest BCUT2D eigenvalue weighted by Gasteiger charge is -2.00. The monoisotopic (exact) mass is 328 g/mol. The van der Waals surface area contributed by atoms with Crippen molar-refractivity contribution in [3.8, 4) is 11.3 Å². The first-order valence-corrected chi connectivity index (χ1v) is 7.43. The van der Waals surface area contributed by atoms with Gasteiger partial charge < -0.3 is 14.0 Å². The molecule has 124 valence electrons. The smallest absolute Gasteiger partial charge is 0.270 e. The van der Waals surface area contributed by atoms with Crippen molar-refractivity contribution in [1.82, 2.24) is 0 Å². The number of non-ortho nitro benzene ring substituents is 1. The second kappa shape index (κ2) is 6.19. The van der Waals surface area contributed by atoms with Gasteiger partial charge in [0.15, 0.2) is 0 Å². The minimum Gasteiger partial charge on any atom is -0.461 e. The topological polar surface area (TPSA) is 102 Å². The Morgan fingerprint density at radius 2 is 2.08 bits per heavy atom. The summed E-state index contributed by atoms with van der Waals surface area (Å²) in [6.07, 6.45) is 0.999. The maximum Gasteiger partial charge on any atom is 0.270 e. The normalized spacial score (nSPS) is 12.0. The summed E-state index contributed by atoms with van der Waals surface area (Å²) in [5, 5.41) is 23.7. The quantitative estimate of drug-likeness (QED) is 0.317. The van der Waals surface area contributed by atoms with Crippen molar-refractivity contribution in [3.05, 3.63) is 52.0 Å². The molecule has 2 aromatic heterocycles. The zero-order chi connectivity index (χ0) is 17.3. The summed E-state index contributed by atoms with van der Waals surface area (Å²) < 4.78 is 11.6. The van der Waals surface area contributed by atoms with Crippen molar-refractivity contribution in [3.63, 3.8) is 0 Å². The van der Waals surface area contributed by atoms with Gasteiger partial charge in [-0.3, -0.25) is 10.1 Å². The molecule has 0 atom stereocenters. The largest absolute Gasteiger partial charge is 0.461 e. The van der Waals surface area contributed by atoms with Crippen LogP contribution in [0.3, 0.4) is 0 Å². The van der Waals surface area contributed by atoms with E-state index in [0.29, 0.717) is 46.6 Å². The molecule has 0 aliphatic carbocycles. The molecular weight excluding hydrogens is 312 g/mol. The van der Waals surface area contributed by atoms with E-state index in [1.165, 1.54) is 12.1 Å². The van der Waals surface area contributed by atoms with Gasteiger partial charge >= 0.3 is 0 Å². The predicted octanol–water partition coefficient (Wildman–Crippen LogP) is 4.69. The number of fused-ring (bicyclic) bond motifs is 1. The van der Waals surface area contributed by atoms with Gasteiger partial charge in [0.1, 0.15) is 22.9 Å². The molecule has 0 saturated carbocycles. The SMILES string of the molecule is C/C(CCc1oc2ccc([N+](=O)[O-])cc2c1-c1ccc(C)o1)=N\O. The Labute approximate surface area is 137 Å². The van der Waals surface area contributed by atoms with Crippen molar-refractivity contribution in [2.45, 2.75) is 26.7 Å². The Morgan fingerprint density at radius 1 is 1.29 bits per heavy atom. The Morgan fingerprint density at radius 3 is 2.71 bits per heavy atom. The van der Waals surface area contributed by atoms with Crippen molar-refractivity contribution < 1.29 is 19.0 Å². The van der Waals surface area contributed by atoms with Crippen LogP contribution in [-0.2, 0) is 6.42 Å². The van der Waals surface area contributed by atoms with Crippen LogP contribution in [-0.4, -0.2) is 15.8 Å². The van der Waals surface area contributed by atoms with Gasteiger partial charge in [0, 0.05) is 23.9 Å². The van der Waals surface area contributed by atoms with E-state index in [4.69, 9.17) is 14.0 Å². The highest BCUT2D eigenvalue weighted by Gasteiger charge is 2.21. The van der Waals surface area contributed by atoms with Gasteiger partial charge in [-0.05, 0) is 38.5 Å². The molecule has 7 nitrogen and oxygen atoms in total. The van der Waals surface area contributed by atoms with Crippen molar-refractivity contribution in [2.75, 3.05) is 0 Å². The number of nitrogens with zero attached hydrogens (tertiary/aromatic N) is 2. The maximum atomic E-state index is 11.1. The summed E-state index contributed by atoms with van der Waals surface area (Å²) in [6, 6.07) is 8.13. The minimum absolute atomic E-state index is 0.00696. The molecule has 0 amide bonds. The van der Waals surface area contributed by atoms with E-state index in [-0.39, 0.29) is 5.69 Å². The lowest BCUT2D eigenvalue weighted by molar-refractivity contribution is -0.384. The molecule has 0 aliphatic rings. The molecule has 3 rings (SSSR count). The van der Waals surface area contributed by atoms with E-state index in [0.717, 1.165) is 5.76 Å². The van der Waals surface area contributed by atoms with Crippen LogP contribution in [0.4, 0.5) is 5.69 Å². The molecule has 7 heteroatoms. The van der Waals surface area contributed by atoms with Crippen molar-refractivity contribution >= 4 is 22.4 Å². The van der Waals surface area contributed by atoms with Crippen LogP contribution < -0.4 is 0 Å². The van der Waals surface area contributed by atoms with Gasteiger partial charge in [-0.25, -0.2) is 0 Å². The first-order valence-electron chi connectivity index (χ1n) is 7.43. The third-order valence-electron chi connectivity index (χ3n) is 3.83. The van der Waals surface area contributed by atoms with Crippen LogP contribution in [0.15, 0.2) is 44.3 Å². The van der Waals surface area contributed by atoms with E-state index < -0.39 is 4.92 Å². The molecule has 0 radical (unpaired) electrons. The van der Waals surface area contributed by atoms with Crippen molar-refractivity contribution in [1.29, 1.82) is 0 Å². The van der Waals surface area contributed by atoms with Crippen LogP contribution in [0.2, 0.25) is 0 Å². The van der Waals surface area contributed by atoms with Crippen LogP contribution in [0, 0.1) is 17.0 Å². The van der Waals surface area contributed by atoms with E-state index in [2.05, 4.69) is 5.16 Å². The molecule has 1 aromatic carbocycles. The minimum atomic E-state index is -0.439. The first-order chi connectivity index (χ1) is 11.5. The summed E-state index contributed by atoms with van der Waals surface area (Å²) in [6.45, 7) is 3.54. The second-order valence-electron chi connectivity index (χ2n) is 5.58. The van der Waals surface area contributed by atoms with Gasteiger partial charge in [0.2, 0.25) is 0 Å². The highest BCUT2D eigenvalue weighted by atomic mass is 16.6. The number of aryl methyl sites for hydroxylation is 2. The highest BCUT2D eigenvalue weighted by Crippen LogP contribution is 2.38. The molecule has 0 bridgehead atoms. The number of hydrogen-bond donors (Lipinski definition) is 1. The number of benzene rings is 1. The summed E-state index contributed by atoms with van der Waals surface area (Å²) >= 11 is 0. The third kappa shape index (κ3) is 2.88. The molecule has 0 spiro atoms. The first kappa shape index (κ1) is 15.8. The van der Waals surface area contributed by atoms with Gasteiger partial charge in [0.05, 0.1) is 16.2 Å². The zero-order valence-corrected chi connectivity index (χ0v) is 13.3. The average molecular weight is 328 g/mol. The number of rotatable bonds is 5. The van der Waals surface area contributed by atoms with Crippen LogP contribution in [0.1, 0.15) is 24.9 Å². The van der Waals surface area contributed by atoms with Gasteiger partial charge in [-0.15, -0.1) is 0 Å². The van der Waals surface area contributed by atoms with Crippen LogP contribution in [0.5, 0.6) is 0 Å². The fourth-order valence-corrected chi connectivity index (χ4v) is 2.61. The van der Waals surface area contributed by atoms with Gasteiger partial charge in [-0.1, -0.05) is 5.16 Å². The molecule has 1 N–H and O–H groups in total. The number of nitro groups is 1. The Hall–Kier alpha value is -3.09. The number of furan rings is 2. The number of nitro benzene ring substituents is 1. The maximum absolute atomic E-state index is 11.1. The molecule has 0 unspecified atom stereocenters. The van der Waals surface area contributed by atoms with E-state index in [1.807, 2.05) is 19.1 Å². The Bertz CT molecular complexity index is 936. The van der Waals surface area contributed by atoms with Crippen LogP contribution >= 0.6 is 0 Å². The molecular formula is C17H16N2O5. The number of hydrogen-bond acceptors (Lipinski definition) is 6. The van der Waals surface area contributed by atoms with E-state index >= 15 is 0 Å². The van der Waals surface area contributed by atoms with Gasteiger partial charge in [-0.2, -0.15) is 0 Å². The summed E-state index contributed by atoms with van der Waals surface area (Å²) in [7, 11) is 0. The lowest BCUT2D eigenvalue weighted by Crippen LogP contribution is -1.95. The molecule has 0 fully saturated rings. The standard InChI is InChI=1S/C17H16N2O5/c1-10(18-20)3-6-16-17(15-7-4-11(2)23-15)13-9-12(19(21)22)5-8-14(13)24-16/h4-5,7-9,20H,3,6H2,1-2H3/b18-10+. The fraction of sp³-hybridized carbons (Fsp3) is 0.235.